The largest absolute Gasteiger partial charge is 0.381 e. The van der Waals surface area contributed by atoms with Crippen LogP contribution >= 0.6 is 0 Å². The number of hydrogen-bond donors (Lipinski definition) is 3. The Morgan fingerprint density at radius 2 is 1.87 bits per heavy atom. The van der Waals surface area contributed by atoms with Gasteiger partial charge in [0.2, 0.25) is 5.91 Å². The van der Waals surface area contributed by atoms with E-state index < -0.39 is 0 Å². The molecule has 1 aliphatic rings. The van der Waals surface area contributed by atoms with Crippen LogP contribution in [0.15, 0.2) is 35.3 Å². The average Bonchev–Trinajstić information content (AvgIpc) is 2.68. The minimum atomic E-state index is -0.251. The lowest BCUT2D eigenvalue weighted by atomic mass is 9.88. The Balaban J connectivity index is 2.00. The molecule has 2 rings (SSSR count). The van der Waals surface area contributed by atoms with E-state index in [-0.39, 0.29) is 29.6 Å². The summed E-state index contributed by atoms with van der Waals surface area (Å²) < 4.78 is 5.63. The van der Waals surface area contributed by atoms with Gasteiger partial charge in [0.25, 0.3) is 0 Å². The summed E-state index contributed by atoms with van der Waals surface area (Å²) in [5.41, 5.74) is 0.917. The zero-order valence-electron chi connectivity index (χ0n) is 19.4. The molecular formula is C23H39N5O2. The van der Waals surface area contributed by atoms with Gasteiger partial charge in [0.15, 0.2) is 5.96 Å². The normalized spacial score (nSPS) is 17.9. The quantitative estimate of drug-likeness (QED) is 0.469. The van der Waals surface area contributed by atoms with Crippen LogP contribution in [0.2, 0.25) is 0 Å². The molecule has 7 nitrogen and oxygen atoms in total. The van der Waals surface area contributed by atoms with Gasteiger partial charge in [-0.1, -0.05) is 30.3 Å². The predicted molar refractivity (Wildman–Crippen MR) is 123 cm³/mol. The lowest BCUT2D eigenvalue weighted by Gasteiger charge is -2.41. The molecule has 0 bridgehead atoms. The zero-order valence-corrected chi connectivity index (χ0v) is 19.4. The van der Waals surface area contributed by atoms with E-state index in [2.05, 4.69) is 52.1 Å². The summed E-state index contributed by atoms with van der Waals surface area (Å²) in [6.45, 7) is 10.6. The van der Waals surface area contributed by atoms with Crippen molar-refractivity contribution < 1.29 is 9.53 Å². The van der Waals surface area contributed by atoms with Crippen LogP contribution in [0.5, 0.6) is 0 Å². The van der Waals surface area contributed by atoms with Crippen LogP contribution in [0.1, 0.15) is 52.1 Å². The number of carbonyl (C=O) groups excluding carboxylic acids is 1. The second-order valence-corrected chi connectivity index (χ2v) is 9.22. The summed E-state index contributed by atoms with van der Waals surface area (Å²) in [6, 6.07) is 10.7. The SMILES string of the molecule is CN=C(NCC1(NC(C)c2ccccc2)CCOCC1)N(C)CC(=O)NC(C)(C)C. The fourth-order valence-corrected chi connectivity index (χ4v) is 3.80. The highest BCUT2D eigenvalue weighted by molar-refractivity contribution is 5.86. The number of likely N-dealkylation sites (N-methyl/N-ethyl adjacent to an activating group) is 1. The van der Waals surface area contributed by atoms with E-state index in [1.165, 1.54) is 5.56 Å². The van der Waals surface area contributed by atoms with Crippen molar-refractivity contribution in [1.82, 2.24) is 20.9 Å². The van der Waals surface area contributed by atoms with Gasteiger partial charge in [-0.25, -0.2) is 0 Å². The summed E-state index contributed by atoms with van der Waals surface area (Å²) in [5, 5.41) is 10.3. The minimum Gasteiger partial charge on any atom is -0.381 e. The van der Waals surface area contributed by atoms with E-state index in [1.54, 1.807) is 7.05 Å². The maximum absolute atomic E-state index is 12.3. The van der Waals surface area contributed by atoms with Crippen molar-refractivity contribution in [2.24, 2.45) is 4.99 Å². The van der Waals surface area contributed by atoms with Gasteiger partial charge in [0, 0.05) is 51.0 Å². The van der Waals surface area contributed by atoms with Crippen molar-refractivity contribution in [3.05, 3.63) is 35.9 Å². The fourth-order valence-electron chi connectivity index (χ4n) is 3.80. The highest BCUT2D eigenvalue weighted by Crippen LogP contribution is 2.25. The molecule has 1 aromatic rings. The summed E-state index contributed by atoms with van der Waals surface area (Å²) >= 11 is 0. The van der Waals surface area contributed by atoms with Gasteiger partial charge in [-0.05, 0) is 46.1 Å². The van der Waals surface area contributed by atoms with E-state index in [9.17, 15) is 4.79 Å². The molecule has 0 radical (unpaired) electrons. The third-order valence-electron chi connectivity index (χ3n) is 5.33. The fraction of sp³-hybridized carbons (Fsp3) is 0.652. The molecule has 1 amide bonds. The Hall–Kier alpha value is -2.12. The molecule has 1 atom stereocenters. The number of nitrogens with zero attached hydrogens (tertiary/aromatic N) is 2. The molecule has 168 valence electrons. The maximum atomic E-state index is 12.3. The maximum Gasteiger partial charge on any atom is 0.240 e. The van der Waals surface area contributed by atoms with E-state index in [1.807, 2.05) is 38.8 Å². The second-order valence-electron chi connectivity index (χ2n) is 9.22. The van der Waals surface area contributed by atoms with Crippen LogP contribution in [0.3, 0.4) is 0 Å². The van der Waals surface area contributed by atoms with E-state index in [0.29, 0.717) is 12.5 Å². The first-order valence-electron chi connectivity index (χ1n) is 10.8. The average molecular weight is 418 g/mol. The Morgan fingerprint density at radius 1 is 1.23 bits per heavy atom. The number of nitrogens with one attached hydrogen (secondary N) is 3. The molecule has 0 aliphatic carbocycles. The van der Waals surface area contributed by atoms with Crippen LogP contribution in [0.25, 0.3) is 0 Å². The third-order valence-corrected chi connectivity index (χ3v) is 5.33. The molecule has 1 saturated heterocycles. The number of amides is 1. The summed E-state index contributed by atoms with van der Waals surface area (Å²) in [5.74, 6) is 0.684. The van der Waals surface area contributed by atoms with Crippen molar-refractivity contribution in [2.45, 2.75) is 57.7 Å². The number of ether oxygens (including phenoxy) is 1. The standard InChI is InChI=1S/C23H39N5O2/c1-18(19-10-8-7-9-11-19)26-23(12-14-30-15-13-23)17-25-21(24-5)28(6)16-20(29)27-22(2,3)4/h7-11,18,26H,12-17H2,1-6H3,(H,24,25)(H,27,29). The number of guanidine groups is 1. The molecule has 3 N–H and O–H groups in total. The molecule has 1 aliphatic heterocycles. The first kappa shape index (κ1) is 24.2. The Kier molecular flexibility index (Phi) is 8.67. The number of benzene rings is 1. The Bertz CT molecular complexity index is 693. The number of aliphatic imine (C=N–C) groups is 1. The topological polar surface area (TPSA) is 78.0 Å². The van der Waals surface area contributed by atoms with Gasteiger partial charge >= 0.3 is 0 Å². The molecule has 0 saturated carbocycles. The molecule has 1 heterocycles. The van der Waals surface area contributed by atoms with E-state index in [4.69, 9.17) is 4.74 Å². The smallest absolute Gasteiger partial charge is 0.240 e. The summed E-state index contributed by atoms with van der Waals surface area (Å²) in [6.07, 6.45) is 1.84. The summed E-state index contributed by atoms with van der Waals surface area (Å²) in [4.78, 5) is 18.5. The van der Waals surface area contributed by atoms with Gasteiger partial charge < -0.3 is 25.6 Å². The van der Waals surface area contributed by atoms with E-state index >= 15 is 0 Å². The zero-order chi connectivity index (χ0) is 22.2. The van der Waals surface area contributed by atoms with Gasteiger partial charge in [0.05, 0.1) is 6.54 Å². The third kappa shape index (κ3) is 7.61. The van der Waals surface area contributed by atoms with Gasteiger partial charge in [-0.2, -0.15) is 0 Å². The molecule has 7 heteroatoms. The minimum absolute atomic E-state index is 0.0236. The number of carbonyl (C=O) groups is 1. The van der Waals surface area contributed by atoms with Crippen LogP contribution < -0.4 is 16.0 Å². The lowest BCUT2D eigenvalue weighted by molar-refractivity contribution is -0.122. The summed E-state index contributed by atoms with van der Waals surface area (Å²) in [7, 11) is 3.63. The number of hydrogen-bond acceptors (Lipinski definition) is 4. The molecule has 1 unspecified atom stereocenters. The molecule has 0 aromatic heterocycles. The first-order valence-corrected chi connectivity index (χ1v) is 10.8. The van der Waals surface area contributed by atoms with Gasteiger partial charge in [-0.3, -0.25) is 9.79 Å². The van der Waals surface area contributed by atoms with Crippen molar-refractivity contribution in [1.29, 1.82) is 0 Å². The molecule has 1 aromatic carbocycles. The molecule has 0 spiro atoms. The van der Waals surface area contributed by atoms with Crippen LogP contribution in [-0.4, -0.2) is 68.2 Å². The van der Waals surface area contributed by atoms with Crippen LogP contribution in [0, 0.1) is 0 Å². The van der Waals surface area contributed by atoms with Crippen molar-refractivity contribution in [3.8, 4) is 0 Å². The number of rotatable bonds is 7. The van der Waals surface area contributed by atoms with Crippen molar-refractivity contribution in [2.75, 3.05) is 40.4 Å². The second kappa shape index (κ2) is 10.8. The monoisotopic (exact) mass is 417 g/mol. The first-order chi connectivity index (χ1) is 14.1. The predicted octanol–water partition coefficient (Wildman–Crippen LogP) is 2.31. The van der Waals surface area contributed by atoms with Crippen molar-refractivity contribution in [3.63, 3.8) is 0 Å². The molecule has 30 heavy (non-hydrogen) atoms. The van der Waals surface area contributed by atoms with Crippen molar-refractivity contribution >= 4 is 11.9 Å². The molecule has 1 fully saturated rings. The Morgan fingerprint density at radius 3 is 2.43 bits per heavy atom. The van der Waals surface area contributed by atoms with Crippen LogP contribution in [0.4, 0.5) is 0 Å². The van der Waals surface area contributed by atoms with Gasteiger partial charge in [-0.15, -0.1) is 0 Å². The van der Waals surface area contributed by atoms with E-state index in [0.717, 1.165) is 26.1 Å². The highest BCUT2D eigenvalue weighted by atomic mass is 16.5. The van der Waals surface area contributed by atoms with Crippen LogP contribution in [-0.2, 0) is 9.53 Å². The molecular weight excluding hydrogens is 378 g/mol. The Labute approximate surface area is 181 Å². The van der Waals surface area contributed by atoms with Gasteiger partial charge in [0.1, 0.15) is 0 Å². The highest BCUT2D eigenvalue weighted by Gasteiger charge is 2.34. The lowest BCUT2D eigenvalue weighted by Crippen LogP contribution is -2.58.